The highest BCUT2D eigenvalue weighted by Crippen LogP contribution is 2.14. The molecule has 0 spiro atoms. The van der Waals surface area contributed by atoms with Gasteiger partial charge in [-0.25, -0.2) is 4.98 Å². The summed E-state index contributed by atoms with van der Waals surface area (Å²) in [6, 6.07) is 1.77. The molecule has 5 heteroatoms. The van der Waals surface area contributed by atoms with E-state index in [-0.39, 0.29) is 12.6 Å². The van der Waals surface area contributed by atoms with Gasteiger partial charge < -0.3 is 10.1 Å². The van der Waals surface area contributed by atoms with Gasteiger partial charge in [-0.2, -0.15) is 5.26 Å². The highest BCUT2D eigenvalue weighted by molar-refractivity contribution is 5.11. The molecule has 1 aromatic rings. The van der Waals surface area contributed by atoms with E-state index >= 15 is 0 Å². The zero-order chi connectivity index (χ0) is 9.68. The van der Waals surface area contributed by atoms with Crippen molar-refractivity contribution in [2.45, 2.75) is 6.04 Å². The molecule has 1 heterocycles. The van der Waals surface area contributed by atoms with E-state index in [0.29, 0.717) is 6.54 Å². The summed E-state index contributed by atoms with van der Waals surface area (Å²) < 4.78 is 0. The minimum Gasteiger partial charge on any atom is -0.395 e. The molecule has 0 amide bonds. The molecule has 0 saturated heterocycles. The van der Waals surface area contributed by atoms with Crippen LogP contribution in [0.25, 0.3) is 0 Å². The molecule has 0 fully saturated rings. The van der Waals surface area contributed by atoms with Crippen LogP contribution in [0.15, 0.2) is 12.5 Å². The molecule has 0 aliphatic heterocycles. The average molecular weight is 180 g/mol. The van der Waals surface area contributed by atoms with E-state index in [1.54, 1.807) is 18.1 Å². The van der Waals surface area contributed by atoms with E-state index in [4.69, 9.17) is 10.4 Å². The third-order valence-electron chi connectivity index (χ3n) is 1.83. The second-order valence-electron chi connectivity index (χ2n) is 2.74. The monoisotopic (exact) mass is 180 g/mol. The normalized spacial score (nSPS) is 12.8. The first-order valence-corrected chi connectivity index (χ1v) is 3.98. The molecule has 0 saturated carbocycles. The molecule has 1 rings (SSSR count). The number of nitriles is 1. The van der Waals surface area contributed by atoms with Crippen molar-refractivity contribution in [3.8, 4) is 6.07 Å². The maximum atomic E-state index is 8.87. The van der Waals surface area contributed by atoms with Gasteiger partial charge in [-0.3, -0.25) is 4.90 Å². The molecule has 0 aliphatic rings. The van der Waals surface area contributed by atoms with Gasteiger partial charge in [0.25, 0.3) is 0 Å². The maximum absolute atomic E-state index is 8.87. The number of likely N-dealkylation sites (N-methyl/N-ethyl adjacent to an activating group) is 1. The van der Waals surface area contributed by atoms with Gasteiger partial charge in [-0.05, 0) is 7.05 Å². The van der Waals surface area contributed by atoms with Crippen molar-refractivity contribution in [1.29, 1.82) is 5.26 Å². The molecular formula is C8H12N4O. The van der Waals surface area contributed by atoms with Gasteiger partial charge in [0.2, 0.25) is 0 Å². The lowest BCUT2D eigenvalue weighted by Gasteiger charge is -2.19. The third-order valence-corrected chi connectivity index (χ3v) is 1.83. The van der Waals surface area contributed by atoms with Gasteiger partial charge in [0.05, 0.1) is 30.9 Å². The molecule has 1 unspecified atom stereocenters. The Morgan fingerprint density at radius 2 is 2.62 bits per heavy atom. The van der Waals surface area contributed by atoms with Gasteiger partial charge in [0.15, 0.2) is 0 Å². The highest BCUT2D eigenvalue weighted by atomic mass is 16.3. The van der Waals surface area contributed by atoms with Crippen LogP contribution >= 0.6 is 0 Å². The molecule has 13 heavy (non-hydrogen) atoms. The van der Waals surface area contributed by atoms with Gasteiger partial charge in [-0.15, -0.1) is 0 Å². The van der Waals surface area contributed by atoms with Gasteiger partial charge >= 0.3 is 0 Å². The number of hydrogen-bond donors (Lipinski definition) is 2. The summed E-state index contributed by atoms with van der Waals surface area (Å²) in [4.78, 5) is 8.47. The average Bonchev–Trinajstić information content (AvgIpc) is 2.59. The number of aromatic amines is 1. The Balaban J connectivity index is 2.69. The fraction of sp³-hybridized carbons (Fsp3) is 0.500. The van der Waals surface area contributed by atoms with Crippen molar-refractivity contribution in [1.82, 2.24) is 14.9 Å². The standard InChI is InChI=1S/C8H12N4O/c1-12(2-3-13)8(4-9)7-5-10-6-11-7/h5-6,8,13H,2-3H2,1H3,(H,10,11). The summed E-state index contributed by atoms with van der Waals surface area (Å²) in [5.41, 5.74) is 0.749. The molecule has 1 atom stereocenters. The smallest absolute Gasteiger partial charge is 0.140 e. The van der Waals surface area contributed by atoms with Crippen molar-refractivity contribution in [3.05, 3.63) is 18.2 Å². The Morgan fingerprint density at radius 1 is 1.85 bits per heavy atom. The fourth-order valence-electron chi connectivity index (χ4n) is 1.11. The number of imidazole rings is 1. The Hall–Kier alpha value is -1.38. The number of aliphatic hydroxyl groups excluding tert-OH is 1. The molecular weight excluding hydrogens is 168 g/mol. The Kier molecular flexibility index (Phi) is 3.43. The molecule has 0 radical (unpaired) electrons. The third kappa shape index (κ3) is 2.28. The largest absolute Gasteiger partial charge is 0.395 e. The number of aliphatic hydroxyl groups is 1. The van der Waals surface area contributed by atoms with Crippen molar-refractivity contribution in [2.24, 2.45) is 0 Å². The summed E-state index contributed by atoms with van der Waals surface area (Å²) >= 11 is 0. The van der Waals surface area contributed by atoms with Crippen LogP contribution in [0.1, 0.15) is 11.7 Å². The van der Waals surface area contributed by atoms with E-state index in [1.807, 2.05) is 0 Å². The first kappa shape index (κ1) is 9.71. The van der Waals surface area contributed by atoms with Crippen molar-refractivity contribution in [2.75, 3.05) is 20.2 Å². The van der Waals surface area contributed by atoms with E-state index in [9.17, 15) is 0 Å². The van der Waals surface area contributed by atoms with Crippen molar-refractivity contribution >= 4 is 0 Å². The number of aromatic nitrogens is 2. The summed E-state index contributed by atoms with van der Waals surface area (Å²) in [7, 11) is 1.78. The van der Waals surface area contributed by atoms with Crippen molar-refractivity contribution < 1.29 is 5.11 Å². The van der Waals surface area contributed by atoms with E-state index in [0.717, 1.165) is 5.69 Å². The first-order chi connectivity index (χ1) is 6.29. The highest BCUT2D eigenvalue weighted by Gasteiger charge is 2.16. The summed E-state index contributed by atoms with van der Waals surface area (Å²) in [5.74, 6) is 0. The predicted octanol–water partition coefficient (Wildman–Crippen LogP) is -0.102. The number of hydrogen-bond acceptors (Lipinski definition) is 4. The number of nitrogens with one attached hydrogen (secondary N) is 1. The minimum atomic E-state index is -0.366. The molecule has 5 nitrogen and oxygen atoms in total. The molecule has 0 aromatic carbocycles. The number of rotatable bonds is 4. The van der Waals surface area contributed by atoms with Crippen LogP contribution in [-0.4, -0.2) is 40.2 Å². The summed E-state index contributed by atoms with van der Waals surface area (Å²) in [5, 5.41) is 17.6. The van der Waals surface area contributed by atoms with Gasteiger partial charge in [0, 0.05) is 6.54 Å². The van der Waals surface area contributed by atoms with Crippen LogP contribution in [0, 0.1) is 11.3 Å². The minimum absolute atomic E-state index is 0.0445. The fourth-order valence-corrected chi connectivity index (χ4v) is 1.11. The SMILES string of the molecule is CN(CCO)C(C#N)c1cnc[nH]1. The number of H-pyrrole nitrogens is 1. The van der Waals surface area contributed by atoms with Crippen LogP contribution in [0.5, 0.6) is 0 Å². The summed E-state index contributed by atoms with van der Waals surface area (Å²) in [6.45, 7) is 0.514. The zero-order valence-electron chi connectivity index (χ0n) is 7.44. The maximum Gasteiger partial charge on any atom is 0.140 e. The molecule has 70 valence electrons. The molecule has 0 bridgehead atoms. The van der Waals surface area contributed by atoms with Crippen LogP contribution in [-0.2, 0) is 0 Å². The molecule has 1 aromatic heterocycles. The lowest BCUT2D eigenvalue weighted by Crippen LogP contribution is -2.26. The van der Waals surface area contributed by atoms with E-state index < -0.39 is 0 Å². The summed E-state index contributed by atoms with van der Waals surface area (Å²) in [6.07, 6.45) is 3.15. The Labute approximate surface area is 76.6 Å². The van der Waals surface area contributed by atoms with Crippen LogP contribution in [0.3, 0.4) is 0 Å². The topological polar surface area (TPSA) is 75.9 Å². The van der Waals surface area contributed by atoms with Crippen LogP contribution in [0.2, 0.25) is 0 Å². The second-order valence-corrected chi connectivity index (χ2v) is 2.74. The van der Waals surface area contributed by atoms with Crippen LogP contribution < -0.4 is 0 Å². The van der Waals surface area contributed by atoms with Gasteiger partial charge in [-0.1, -0.05) is 0 Å². The molecule has 2 N–H and O–H groups in total. The van der Waals surface area contributed by atoms with Crippen molar-refractivity contribution in [3.63, 3.8) is 0 Å². The molecule has 0 aliphatic carbocycles. The Bertz CT molecular complexity index is 277. The van der Waals surface area contributed by atoms with E-state index in [2.05, 4.69) is 16.0 Å². The lowest BCUT2D eigenvalue weighted by molar-refractivity contribution is 0.201. The predicted molar refractivity (Wildman–Crippen MR) is 46.7 cm³/mol. The number of nitrogens with zero attached hydrogens (tertiary/aromatic N) is 3. The second kappa shape index (κ2) is 4.60. The quantitative estimate of drug-likeness (QED) is 0.678. The zero-order valence-corrected chi connectivity index (χ0v) is 7.44. The van der Waals surface area contributed by atoms with Crippen LogP contribution in [0.4, 0.5) is 0 Å². The van der Waals surface area contributed by atoms with Gasteiger partial charge in [0.1, 0.15) is 6.04 Å². The van der Waals surface area contributed by atoms with E-state index in [1.165, 1.54) is 6.33 Å². The Morgan fingerprint density at radius 3 is 3.08 bits per heavy atom. The first-order valence-electron chi connectivity index (χ1n) is 3.98. The lowest BCUT2D eigenvalue weighted by atomic mass is 10.2.